The third-order valence-electron chi connectivity index (χ3n) is 5.21. The van der Waals surface area contributed by atoms with Crippen molar-refractivity contribution in [3.8, 4) is 0 Å². The number of sulfonamides is 1. The third kappa shape index (κ3) is 5.05. The molecule has 0 aliphatic carbocycles. The van der Waals surface area contributed by atoms with E-state index in [1.54, 1.807) is 12.3 Å². The van der Waals surface area contributed by atoms with Gasteiger partial charge < -0.3 is 10.2 Å². The van der Waals surface area contributed by atoms with Crippen molar-refractivity contribution in [1.82, 2.24) is 9.29 Å². The number of amides is 1. The lowest BCUT2D eigenvalue weighted by atomic mass is 10.2. The standard InChI is InChI=1S/C22H19BrF2N4O3S/c23-15-4-7-20(19(25)13-15)27-22(30)17-14-16(5-6-18(17)24)33(31,32)29-11-9-28(10-12-29)21-3-1-2-8-26-21/h1-8,13-14H,9-12H2,(H,27,30). The van der Waals surface area contributed by atoms with E-state index >= 15 is 0 Å². The number of anilines is 2. The van der Waals surface area contributed by atoms with Crippen molar-refractivity contribution in [2.24, 2.45) is 0 Å². The van der Waals surface area contributed by atoms with Crippen LogP contribution in [0, 0.1) is 11.6 Å². The second-order valence-corrected chi connectivity index (χ2v) is 10.2. The molecule has 11 heteroatoms. The average molecular weight is 537 g/mol. The van der Waals surface area contributed by atoms with Gasteiger partial charge in [0.1, 0.15) is 17.5 Å². The maximum Gasteiger partial charge on any atom is 0.258 e. The number of halogens is 3. The molecule has 1 saturated heterocycles. The van der Waals surface area contributed by atoms with Gasteiger partial charge in [0.15, 0.2) is 0 Å². The molecule has 1 fully saturated rings. The highest BCUT2D eigenvalue weighted by atomic mass is 79.9. The van der Waals surface area contributed by atoms with Gasteiger partial charge in [0.05, 0.1) is 16.1 Å². The molecule has 1 N–H and O–H groups in total. The van der Waals surface area contributed by atoms with Crippen LogP contribution in [-0.2, 0) is 10.0 Å². The molecule has 172 valence electrons. The first-order valence-electron chi connectivity index (χ1n) is 9.98. The molecule has 1 aromatic heterocycles. The van der Waals surface area contributed by atoms with Crippen molar-refractivity contribution in [2.45, 2.75) is 4.90 Å². The fraction of sp³-hybridized carbons (Fsp3) is 0.182. The Morgan fingerprint density at radius 2 is 1.73 bits per heavy atom. The second kappa shape index (κ2) is 9.54. The van der Waals surface area contributed by atoms with E-state index in [2.05, 4.69) is 26.2 Å². The van der Waals surface area contributed by atoms with Gasteiger partial charge >= 0.3 is 0 Å². The normalized spacial score (nSPS) is 14.8. The minimum absolute atomic E-state index is 0.151. The van der Waals surface area contributed by atoms with Crippen LogP contribution in [0.4, 0.5) is 20.3 Å². The molecule has 33 heavy (non-hydrogen) atoms. The maximum atomic E-state index is 14.4. The summed E-state index contributed by atoms with van der Waals surface area (Å²) in [6, 6.07) is 12.5. The first-order chi connectivity index (χ1) is 15.8. The highest BCUT2D eigenvalue weighted by Gasteiger charge is 2.30. The third-order valence-corrected chi connectivity index (χ3v) is 7.60. The number of benzene rings is 2. The molecule has 7 nitrogen and oxygen atoms in total. The summed E-state index contributed by atoms with van der Waals surface area (Å²) in [7, 11) is -3.97. The van der Waals surface area contributed by atoms with E-state index < -0.39 is 33.1 Å². The molecule has 3 aromatic rings. The lowest BCUT2D eigenvalue weighted by Gasteiger charge is -2.34. The van der Waals surface area contributed by atoms with E-state index in [0.717, 1.165) is 30.1 Å². The number of aromatic nitrogens is 1. The average Bonchev–Trinajstić information content (AvgIpc) is 2.81. The van der Waals surface area contributed by atoms with Gasteiger partial charge in [0, 0.05) is 36.8 Å². The monoisotopic (exact) mass is 536 g/mol. The molecule has 0 bridgehead atoms. The summed E-state index contributed by atoms with van der Waals surface area (Å²) in [5.41, 5.74) is -0.646. The first kappa shape index (κ1) is 23.3. The quantitative estimate of drug-likeness (QED) is 0.535. The van der Waals surface area contributed by atoms with Gasteiger partial charge in [-0.25, -0.2) is 22.2 Å². The van der Waals surface area contributed by atoms with Gasteiger partial charge in [0.2, 0.25) is 10.0 Å². The van der Waals surface area contributed by atoms with Gasteiger partial charge in [-0.3, -0.25) is 4.79 Å². The SMILES string of the molecule is O=C(Nc1ccc(Br)cc1F)c1cc(S(=O)(=O)N2CCN(c3ccccn3)CC2)ccc1F. The summed E-state index contributed by atoms with van der Waals surface area (Å²) in [6.07, 6.45) is 1.67. The Balaban J connectivity index is 1.52. The Bertz CT molecular complexity index is 1280. The van der Waals surface area contributed by atoms with Gasteiger partial charge in [-0.2, -0.15) is 4.31 Å². The maximum absolute atomic E-state index is 14.4. The van der Waals surface area contributed by atoms with Crippen LogP contribution in [0.5, 0.6) is 0 Å². The molecule has 4 rings (SSSR count). The van der Waals surface area contributed by atoms with Crippen molar-refractivity contribution in [1.29, 1.82) is 0 Å². The van der Waals surface area contributed by atoms with Crippen molar-refractivity contribution in [3.05, 3.63) is 82.5 Å². The molecular weight excluding hydrogens is 518 g/mol. The van der Waals surface area contributed by atoms with Crippen LogP contribution in [0.2, 0.25) is 0 Å². The van der Waals surface area contributed by atoms with Gasteiger partial charge in [0.25, 0.3) is 5.91 Å². The van der Waals surface area contributed by atoms with Crippen LogP contribution < -0.4 is 10.2 Å². The van der Waals surface area contributed by atoms with E-state index in [0.29, 0.717) is 17.6 Å². The summed E-state index contributed by atoms with van der Waals surface area (Å²) in [5, 5.41) is 2.28. The molecule has 1 aliphatic heterocycles. The summed E-state index contributed by atoms with van der Waals surface area (Å²) in [6.45, 7) is 1.30. The van der Waals surface area contributed by atoms with Crippen LogP contribution >= 0.6 is 15.9 Å². The number of rotatable bonds is 5. The molecular formula is C22H19BrF2N4O3S. The Morgan fingerprint density at radius 1 is 0.970 bits per heavy atom. The molecule has 0 saturated carbocycles. The van der Waals surface area contributed by atoms with E-state index in [9.17, 15) is 22.0 Å². The molecule has 2 aromatic carbocycles. The van der Waals surface area contributed by atoms with Crippen LogP contribution in [0.3, 0.4) is 0 Å². The van der Waals surface area contributed by atoms with E-state index in [1.165, 1.54) is 16.4 Å². The number of nitrogens with one attached hydrogen (secondary N) is 1. The minimum Gasteiger partial charge on any atom is -0.354 e. The zero-order valence-corrected chi connectivity index (χ0v) is 19.6. The van der Waals surface area contributed by atoms with Crippen LogP contribution in [0.15, 0.2) is 70.2 Å². The highest BCUT2D eigenvalue weighted by molar-refractivity contribution is 9.10. The van der Waals surface area contributed by atoms with Crippen molar-refractivity contribution in [2.75, 3.05) is 36.4 Å². The minimum atomic E-state index is -3.97. The Hall–Kier alpha value is -2.89. The molecule has 0 unspecified atom stereocenters. The van der Waals surface area contributed by atoms with E-state index in [-0.39, 0.29) is 23.7 Å². The number of hydrogen-bond donors (Lipinski definition) is 1. The number of hydrogen-bond acceptors (Lipinski definition) is 5. The Kier molecular flexibility index (Phi) is 6.73. The predicted molar refractivity (Wildman–Crippen MR) is 124 cm³/mol. The van der Waals surface area contributed by atoms with E-state index in [1.807, 2.05) is 17.0 Å². The topological polar surface area (TPSA) is 82.6 Å². The molecule has 1 amide bonds. The smallest absolute Gasteiger partial charge is 0.258 e. The predicted octanol–water partition coefficient (Wildman–Crippen LogP) is 3.89. The second-order valence-electron chi connectivity index (χ2n) is 7.30. The molecule has 0 atom stereocenters. The lowest BCUT2D eigenvalue weighted by molar-refractivity contribution is 0.102. The van der Waals surface area contributed by atoms with Crippen LogP contribution in [0.25, 0.3) is 0 Å². The number of nitrogens with zero attached hydrogens (tertiary/aromatic N) is 3. The van der Waals surface area contributed by atoms with Crippen molar-refractivity contribution < 1.29 is 22.0 Å². The summed E-state index contributed by atoms with van der Waals surface area (Å²) >= 11 is 3.11. The first-order valence-corrected chi connectivity index (χ1v) is 12.2. The number of piperazine rings is 1. The number of carbonyl (C=O) groups is 1. The fourth-order valence-electron chi connectivity index (χ4n) is 3.47. The zero-order valence-electron chi connectivity index (χ0n) is 17.2. The van der Waals surface area contributed by atoms with Crippen molar-refractivity contribution in [3.63, 3.8) is 0 Å². The highest BCUT2D eigenvalue weighted by Crippen LogP contribution is 2.24. The largest absolute Gasteiger partial charge is 0.354 e. The van der Waals surface area contributed by atoms with E-state index in [4.69, 9.17) is 0 Å². The van der Waals surface area contributed by atoms with Gasteiger partial charge in [-0.05, 0) is 48.5 Å². The molecule has 1 aliphatic rings. The summed E-state index contributed by atoms with van der Waals surface area (Å²) in [5.74, 6) is -1.82. The van der Waals surface area contributed by atoms with Crippen LogP contribution in [0.1, 0.15) is 10.4 Å². The molecule has 2 heterocycles. The Labute approximate surface area is 198 Å². The summed E-state index contributed by atoms with van der Waals surface area (Å²) in [4.78, 5) is 18.6. The zero-order chi connectivity index (χ0) is 23.6. The molecule has 0 radical (unpaired) electrons. The Morgan fingerprint density at radius 3 is 2.39 bits per heavy atom. The molecule has 0 spiro atoms. The van der Waals surface area contributed by atoms with Crippen LogP contribution in [-0.4, -0.2) is 49.8 Å². The number of pyridine rings is 1. The summed E-state index contributed by atoms with van der Waals surface area (Å²) < 4.78 is 56.5. The lowest BCUT2D eigenvalue weighted by Crippen LogP contribution is -2.48. The van der Waals surface area contributed by atoms with Crippen molar-refractivity contribution >= 4 is 43.4 Å². The van der Waals surface area contributed by atoms with Gasteiger partial charge in [-0.15, -0.1) is 0 Å². The van der Waals surface area contributed by atoms with Gasteiger partial charge in [-0.1, -0.05) is 22.0 Å². The fourth-order valence-corrected chi connectivity index (χ4v) is 5.25. The number of carbonyl (C=O) groups excluding carboxylic acids is 1.